The molecule has 0 heterocycles. The van der Waals surface area contributed by atoms with Crippen LogP contribution in [0.5, 0.6) is 0 Å². The van der Waals surface area contributed by atoms with Crippen LogP contribution in [0.25, 0.3) is 0 Å². The van der Waals surface area contributed by atoms with Gasteiger partial charge in [-0.2, -0.15) is 0 Å². The number of anilines is 1. The van der Waals surface area contributed by atoms with Crippen LogP contribution in [0, 0.1) is 6.92 Å². The molecule has 0 bridgehead atoms. The first-order chi connectivity index (χ1) is 9.02. The zero-order valence-corrected chi connectivity index (χ0v) is 12.4. The van der Waals surface area contributed by atoms with Crippen molar-refractivity contribution in [3.63, 3.8) is 0 Å². The van der Waals surface area contributed by atoms with Crippen LogP contribution in [0.4, 0.5) is 5.69 Å². The van der Waals surface area contributed by atoms with Crippen molar-refractivity contribution in [3.8, 4) is 0 Å². The third-order valence-electron chi connectivity index (χ3n) is 2.50. The molecule has 19 heavy (non-hydrogen) atoms. The highest BCUT2D eigenvalue weighted by Gasteiger charge is 2.06. The van der Waals surface area contributed by atoms with E-state index in [1.54, 1.807) is 6.07 Å². The number of carbonyl (C=O) groups excluding carboxylic acids is 2. The highest BCUT2D eigenvalue weighted by molar-refractivity contribution is 9.10. The van der Waals surface area contributed by atoms with Gasteiger partial charge in [0, 0.05) is 16.6 Å². The molecule has 0 saturated heterocycles. The highest BCUT2D eigenvalue weighted by Crippen LogP contribution is 2.19. The average Bonchev–Trinajstić information content (AvgIpc) is 2.38. The van der Waals surface area contributed by atoms with Crippen LogP contribution in [-0.2, 0) is 9.59 Å². The zero-order valence-electron chi connectivity index (χ0n) is 10.8. The average molecular weight is 328 g/mol. The molecule has 0 fully saturated rings. The van der Waals surface area contributed by atoms with E-state index in [4.69, 9.17) is 5.73 Å². The second-order valence-corrected chi connectivity index (χ2v) is 5.04. The summed E-state index contributed by atoms with van der Waals surface area (Å²) in [5, 5.41) is 5.27. The molecule has 0 aliphatic heterocycles. The fourth-order valence-electron chi connectivity index (χ4n) is 1.46. The summed E-state index contributed by atoms with van der Waals surface area (Å²) in [5.41, 5.74) is 7.04. The van der Waals surface area contributed by atoms with Crippen molar-refractivity contribution < 1.29 is 9.59 Å². The Morgan fingerprint density at radius 1 is 1.32 bits per heavy atom. The molecule has 5 nitrogen and oxygen atoms in total. The topological polar surface area (TPSA) is 84.2 Å². The minimum absolute atomic E-state index is 0.0292. The van der Waals surface area contributed by atoms with Gasteiger partial charge in [0.2, 0.25) is 11.8 Å². The number of halogens is 1. The summed E-state index contributed by atoms with van der Waals surface area (Å²) in [6.07, 6.45) is 0.973. The second-order valence-electron chi connectivity index (χ2n) is 4.18. The number of benzene rings is 1. The van der Waals surface area contributed by atoms with Gasteiger partial charge in [-0.05, 0) is 43.7 Å². The van der Waals surface area contributed by atoms with E-state index >= 15 is 0 Å². The molecule has 0 atom stereocenters. The minimum Gasteiger partial charge on any atom is -0.347 e. The molecule has 6 heteroatoms. The predicted molar refractivity (Wildman–Crippen MR) is 78.8 cm³/mol. The van der Waals surface area contributed by atoms with E-state index in [9.17, 15) is 9.59 Å². The van der Waals surface area contributed by atoms with E-state index in [-0.39, 0.29) is 18.4 Å². The van der Waals surface area contributed by atoms with E-state index in [1.807, 2.05) is 19.1 Å². The smallest absolute Gasteiger partial charge is 0.243 e. The van der Waals surface area contributed by atoms with Crippen LogP contribution in [0.1, 0.15) is 18.4 Å². The van der Waals surface area contributed by atoms with Crippen molar-refractivity contribution in [1.29, 1.82) is 0 Å². The fraction of sp³-hybridized carbons (Fsp3) is 0.385. The van der Waals surface area contributed by atoms with Gasteiger partial charge in [0.1, 0.15) is 0 Å². The maximum absolute atomic E-state index is 11.6. The van der Waals surface area contributed by atoms with Gasteiger partial charge in [0.25, 0.3) is 0 Å². The SMILES string of the molecule is Cc1cc(NC(=O)CNC(=O)CCCN)ccc1Br. The lowest BCUT2D eigenvalue weighted by Crippen LogP contribution is -2.32. The summed E-state index contributed by atoms with van der Waals surface area (Å²) in [6, 6.07) is 5.52. The monoisotopic (exact) mass is 327 g/mol. The molecule has 0 aliphatic carbocycles. The van der Waals surface area contributed by atoms with Crippen molar-refractivity contribution in [2.45, 2.75) is 19.8 Å². The first kappa shape index (κ1) is 15.7. The molecule has 1 aromatic rings. The van der Waals surface area contributed by atoms with Gasteiger partial charge in [-0.25, -0.2) is 0 Å². The molecule has 104 valence electrons. The summed E-state index contributed by atoms with van der Waals surface area (Å²) >= 11 is 3.39. The van der Waals surface area contributed by atoms with E-state index in [0.717, 1.165) is 10.0 Å². The van der Waals surface area contributed by atoms with Crippen molar-refractivity contribution >= 4 is 33.4 Å². The van der Waals surface area contributed by atoms with Gasteiger partial charge < -0.3 is 16.4 Å². The number of nitrogens with two attached hydrogens (primary N) is 1. The second kappa shape index (κ2) is 7.91. The van der Waals surface area contributed by atoms with Crippen LogP contribution in [0.15, 0.2) is 22.7 Å². The molecule has 0 aromatic heterocycles. The number of amides is 2. The Hall–Kier alpha value is -1.40. The maximum Gasteiger partial charge on any atom is 0.243 e. The third kappa shape index (κ3) is 5.85. The summed E-state index contributed by atoms with van der Waals surface area (Å²) in [4.78, 5) is 22.9. The van der Waals surface area contributed by atoms with Crippen LogP contribution in [0.2, 0.25) is 0 Å². The maximum atomic E-state index is 11.6. The molecule has 0 unspecified atom stereocenters. The lowest BCUT2D eigenvalue weighted by molar-refractivity contribution is -0.124. The highest BCUT2D eigenvalue weighted by atomic mass is 79.9. The first-order valence-corrected chi connectivity index (χ1v) is 6.85. The Morgan fingerprint density at radius 2 is 2.05 bits per heavy atom. The van der Waals surface area contributed by atoms with E-state index in [1.165, 1.54) is 0 Å². The van der Waals surface area contributed by atoms with Crippen LogP contribution in [-0.4, -0.2) is 24.9 Å². The van der Waals surface area contributed by atoms with Crippen LogP contribution >= 0.6 is 15.9 Å². The summed E-state index contributed by atoms with van der Waals surface area (Å²) < 4.78 is 0.987. The third-order valence-corrected chi connectivity index (χ3v) is 3.39. The van der Waals surface area contributed by atoms with E-state index in [0.29, 0.717) is 25.1 Å². The van der Waals surface area contributed by atoms with Gasteiger partial charge in [0.15, 0.2) is 0 Å². The number of aryl methyl sites for hydroxylation is 1. The number of rotatable bonds is 6. The summed E-state index contributed by atoms with van der Waals surface area (Å²) in [5.74, 6) is -0.407. The van der Waals surface area contributed by atoms with Gasteiger partial charge >= 0.3 is 0 Å². The molecular weight excluding hydrogens is 310 g/mol. The Kier molecular flexibility index (Phi) is 6.52. The number of hydrogen-bond acceptors (Lipinski definition) is 3. The Labute approximate surface area is 121 Å². The molecule has 0 radical (unpaired) electrons. The van der Waals surface area contributed by atoms with E-state index < -0.39 is 0 Å². The van der Waals surface area contributed by atoms with Gasteiger partial charge in [-0.1, -0.05) is 15.9 Å². The molecule has 2 amide bonds. The van der Waals surface area contributed by atoms with Crippen molar-refractivity contribution in [3.05, 3.63) is 28.2 Å². The lowest BCUT2D eigenvalue weighted by atomic mass is 10.2. The zero-order chi connectivity index (χ0) is 14.3. The normalized spacial score (nSPS) is 10.1. The summed E-state index contributed by atoms with van der Waals surface area (Å²) in [7, 11) is 0. The van der Waals surface area contributed by atoms with Crippen LogP contribution < -0.4 is 16.4 Å². The van der Waals surface area contributed by atoms with E-state index in [2.05, 4.69) is 26.6 Å². The molecule has 1 rings (SSSR count). The number of nitrogens with one attached hydrogen (secondary N) is 2. The first-order valence-electron chi connectivity index (χ1n) is 6.05. The number of hydrogen-bond donors (Lipinski definition) is 3. The van der Waals surface area contributed by atoms with Gasteiger partial charge in [-0.3, -0.25) is 9.59 Å². The summed E-state index contributed by atoms with van der Waals surface area (Å²) in [6.45, 7) is 2.38. The Bertz CT molecular complexity index is 463. The van der Waals surface area contributed by atoms with Crippen molar-refractivity contribution in [2.75, 3.05) is 18.4 Å². The largest absolute Gasteiger partial charge is 0.347 e. The molecule has 0 spiro atoms. The number of carbonyl (C=O) groups is 2. The van der Waals surface area contributed by atoms with Gasteiger partial charge in [0.05, 0.1) is 6.54 Å². The quantitative estimate of drug-likeness (QED) is 0.741. The standard InChI is InChI=1S/C13H18BrN3O2/c1-9-7-10(4-5-11(9)14)17-13(19)8-16-12(18)3-2-6-15/h4-5,7H,2-3,6,8,15H2,1H3,(H,16,18)(H,17,19). The Morgan fingerprint density at radius 3 is 2.68 bits per heavy atom. The fourth-order valence-corrected chi connectivity index (χ4v) is 1.70. The van der Waals surface area contributed by atoms with Crippen molar-refractivity contribution in [2.24, 2.45) is 5.73 Å². The molecule has 0 aliphatic rings. The van der Waals surface area contributed by atoms with Crippen LogP contribution in [0.3, 0.4) is 0 Å². The predicted octanol–water partition coefficient (Wildman–Crippen LogP) is 1.55. The lowest BCUT2D eigenvalue weighted by Gasteiger charge is -2.08. The Balaban J connectivity index is 2.38. The minimum atomic E-state index is -0.247. The molecule has 0 saturated carbocycles. The molecular formula is C13H18BrN3O2. The van der Waals surface area contributed by atoms with Gasteiger partial charge in [-0.15, -0.1) is 0 Å². The molecule has 1 aromatic carbocycles. The molecule has 4 N–H and O–H groups in total. The van der Waals surface area contributed by atoms with Crippen molar-refractivity contribution in [1.82, 2.24) is 5.32 Å².